The molecule has 1 aromatic rings. The topological polar surface area (TPSA) is 143 Å². The Morgan fingerprint density at radius 3 is 1.90 bits per heavy atom. The van der Waals surface area contributed by atoms with Gasteiger partial charge in [0.2, 0.25) is 5.60 Å². The monoisotopic (exact) mass is 724 g/mol. The number of carbonyl (C=O) groups excluding carboxylic acids is 2. The molecule has 0 unspecified atom stereocenters. The van der Waals surface area contributed by atoms with Crippen molar-refractivity contribution in [2.75, 3.05) is 6.61 Å². The number of hydrogen-bond donors (Lipinski definition) is 0. The van der Waals surface area contributed by atoms with Gasteiger partial charge in [0.1, 0.15) is 23.4 Å². The van der Waals surface area contributed by atoms with Crippen LogP contribution in [0, 0.1) is 11.8 Å². The van der Waals surface area contributed by atoms with Gasteiger partial charge in [-0.2, -0.15) is 4.57 Å². The zero-order chi connectivity index (χ0) is 37.5. The van der Waals surface area contributed by atoms with Crippen LogP contribution in [0.4, 0.5) is 9.59 Å². The Morgan fingerprint density at radius 1 is 0.898 bits per heavy atom. The molecule has 3 heterocycles. The molecular weight excluding hydrogens is 669 g/mol. The first-order valence-electron chi connectivity index (χ1n) is 17.0. The fourth-order valence-corrected chi connectivity index (χ4v) is 17.7. The van der Waals surface area contributed by atoms with Crippen LogP contribution in [-0.2, 0) is 31.9 Å². The zero-order valence-corrected chi connectivity index (χ0v) is 33.8. The van der Waals surface area contributed by atoms with E-state index in [1.807, 2.05) is 27.7 Å². The summed E-state index contributed by atoms with van der Waals surface area (Å²) in [5.74, 6) is 5.87. The summed E-state index contributed by atoms with van der Waals surface area (Å²) in [4.78, 5) is 53.8. The SMILES string of the molecule is CC#C[C@@]1(OC(=O)OC(C)(C)C)[C@@H]2O[Si](C(C)C)(C(C)C)O[Si](C(C)C)(C(C)C)OC[C@H]2O[C@H]1n1ccc(=O)n(C(=O)OC(C)(C)C)c1=O. The maximum Gasteiger partial charge on any atom is 0.510 e. The number of nitrogens with zero attached hydrogens (tertiary/aromatic N) is 2. The first-order valence-corrected chi connectivity index (χ1v) is 20.9. The highest BCUT2D eigenvalue weighted by atomic mass is 28.5. The molecule has 2 aliphatic heterocycles. The van der Waals surface area contributed by atoms with E-state index in [9.17, 15) is 19.2 Å². The van der Waals surface area contributed by atoms with Crippen molar-refractivity contribution in [1.29, 1.82) is 0 Å². The maximum absolute atomic E-state index is 14.1. The van der Waals surface area contributed by atoms with Gasteiger partial charge in [-0.15, -0.1) is 5.92 Å². The molecule has 0 spiro atoms. The van der Waals surface area contributed by atoms with Gasteiger partial charge in [0.05, 0.1) is 6.61 Å². The van der Waals surface area contributed by atoms with Crippen LogP contribution in [0.15, 0.2) is 21.9 Å². The lowest BCUT2D eigenvalue weighted by atomic mass is 9.94. The highest BCUT2D eigenvalue weighted by Crippen LogP contribution is 2.51. The molecule has 49 heavy (non-hydrogen) atoms. The second-order valence-electron chi connectivity index (χ2n) is 15.9. The van der Waals surface area contributed by atoms with Gasteiger partial charge in [0, 0.05) is 12.3 Å². The predicted octanol–water partition coefficient (Wildman–Crippen LogP) is 6.36. The van der Waals surface area contributed by atoms with Gasteiger partial charge >= 0.3 is 35.1 Å². The van der Waals surface area contributed by atoms with Gasteiger partial charge in [-0.1, -0.05) is 55.4 Å². The normalized spacial score (nSPS) is 25.3. The molecule has 0 N–H and O–H groups in total. The number of carbonyl (C=O) groups is 2. The Kier molecular flexibility index (Phi) is 12.0. The second-order valence-corrected chi connectivity index (χ2v) is 24.8. The summed E-state index contributed by atoms with van der Waals surface area (Å²) in [6, 6.07) is 1.03. The van der Waals surface area contributed by atoms with Crippen LogP contribution >= 0.6 is 0 Å². The van der Waals surface area contributed by atoms with E-state index in [4.69, 9.17) is 31.9 Å². The van der Waals surface area contributed by atoms with Gasteiger partial charge < -0.3 is 31.9 Å². The Bertz CT molecular complexity index is 1540. The van der Waals surface area contributed by atoms with Crippen molar-refractivity contribution in [1.82, 2.24) is 9.13 Å². The Hall–Kier alpha value is -2.75. The fraction of sp³-hybridized carbons (Fsp3) is 0.765. The van der Waals surface area contributed by atoms with Crippen LogP contribution in [0.3, 0.4) is 0 Å². The molecule has 15 heteroatoms. The standard InChI is InChI=1S/C34H56N2O11Si2/c1-16-18-34(45-31(40)44-33(13,14)15)27-25(20-41-48(21(2)3,22(4)5)47-49(46-27,23(6)7)24(8)9)42-28(34)35-19-17-26(37)36(29(35)38)30(39)43-32(10,11)12/h17,19,21-25,27-28H,20H2,1-15H3/t25-,27-,28-,34-/m1/s1. The van der Waals surface area contributed by atoms with Crippen molar-refractivity contribution in [3.8, 4) is 11.8 Å². The van der Waals surface area contributed by atoms with E-state index in [0.717, 1.165) is 10.6 Å². The van der Waals surface area contributed by atoms with Gasteiger partial charge in [0.15, 0.2) is 6.23 Å². The van der Waals surface area contributed by atoms with E-state index in [-0.39, 0.29) is 28.8 Å². The molecule has 2 aliphatic rings. The lowest BCUT2D eigenvalue weighted by Crippen LogP contribution is -2.67. The van der Waals surface area contributed by atoms with Crippen molar-refractivity contribution in [2.45, 2.75) is 161 Å². The Labute approximate surface area is 292 Å². The lowest BCUT2D eigenvalue weighted by Gasteiger charge is -2.52. The molecule has 3 rings (SSSR count). The van der Waals surface area contributed by atoms with E-state index < -0.39 is 75.9 Å². The summed E-state index contributed by atoms with van der Waals surface area (Å²) in [7, 11) is -6.37. The van der Waals surface area contributed by atoms with Gasteiger partial charge in [-0.05, 0) is 76.6 Å². The summed E-state index contributed by atoms with van der Waals surface area (Å²) in [6.45, 7) is 27.9. The first-order chi connectivity index (χ1) is 22.4. The van der Waals surface area contributed by atoms with E-state index in [2.05, 4.69) is 39.5 Å². The maximum atomic E-state index is 14.1. The van der Waals surface area contributed by atoms with Crippen LogP contribution < -0.4 is 11.2 Å². The van der Waals surface area contributed by atoms with Crippen LogP contribution in [0.25, 0.3) is 0 Å². The third-order valence-electron chi connectivity index (χ3n) is 8.55. The molecule has 0 amide bonds. The number of rotatable bonds is 6. The third-order valence-corrected chi connectivity index (χ3v) is 18.8. The zero-order valence-electron chi connectivity index (χ0n) is 31.8. The largest absolute Gasteiger partial charge is 0.510 e. The number of ether oxygens (including phenoxy) is 4. The van der Waals surface area contributed by atoms with Crippen molar-refractivity contribution in [3.63, 3.8) is 0 Å². The molecule has 2 fully saturated rings. The van der Waals surface area contributed by atoms with Crippen LogP contribution in [-0.4, -0.2) is 74.1 Å². The quantitative estimate of drug-likeness (QED) is 0.184. The average Bonchev–Trinajstić information content (AvgIpc) is 3.17. The molecule has 2 saturated heterocycles. The van der Waals surface area contributed by atoms with E-state index >= 15 is 0 Å². The van der Waals surface area contributed by atoms with Crippen LogP contribution in [0.2, 0.25) is 22.2 Å². The molecule has 0 aromatic carbocycles. The van der Waals surface area contributed by atoms with Gasteiger partial charge in [0.25, 0.3) is 5.56 Å². The summed E-state index contributed by atoms with van der Waals surface area (Å²) >= 11 is 0. The fourth-order valence-electron chi connectivity index (χ4n) is 6.46. The summed E-state index contributed by atoms with van der Waals surface area (Å²) in [5, 5.41) is 0. The highest BCUT2D eigenvalue weighted by molar-refractivity contribution is 6.84. The first kappa shape index (κ1) is 40.7. The van der Waals surface area contributed by atoms with Crippen molar-refractivity contribution in [3.05, 3.63) is 33.1 Å². The molecular formula is C34H56N2O11Si2. The molecule has 1 aromatic heterocycles. The minimum Gasteiger partial charge on any atom is -0.443 e. The number of hydrogen-bond acceptors (Lipinski definition) is 11. The molecule has 4 atom stereocenters. The smallest absolute Gasteiger partial charge is 0.443 e. The van der Waals surface area contributed by atoms with Crippen LogP contribution in [0.5, 0.6) is 0 Å². The minimum absolute atomic E-state index is 0.0320. The minimum atomic E-state index is -3.35. The van der Waals surface area contributed by atoms with Crippen molar-refractivity contribution < 1.29 is 41.5 Å². The molecule has 0 saturated carbocycles. The van der Waals surface area contributed by atoms with E-state index in [1.165, 1.54) is 6.20 Å². The predicted molar refractivity (Wildman–Crippen MR) is 188 cm³/mol. The number of aromatic nitrogens is 2. The summed E-state index contributed by atoms with van der Waals surface area (Å²) < 4.78 is 46.7. The molecule has 0 aliphatic carbocycles. The Morgan fingerprint density at radius 2 is 1.43 bits per heavy atom. The second kappa shape index (κ2) is 14.5. The lowest BCUT2D eigenvalue weighted by molar-refractivity contribution is -0.111. The molecule has 276 valence electrons. The average molecular weight is 725 g/mol. The summed E-state index contributed by atoms with van der Waals surface area (Å²) in [5.41, 5.74) is -6.14. The van der Waals surface area contributed by atoms with Gasteiger partial charge in [-0.3, -0.25) is 9.36 Å². The third kappa shape index (κ3) is 8.10. The van der Waals surface area contributed by atoms with Crippen LogP contribution in [0.1, 0.15) is 110 Å². The highest BCUT2D eigenvalue weighted by Gasteiger charge is 2.68. The molecule has 13 nitrogen and oxygen atoms in total. The van der Waals surface area contributed by atoms with Gasteiger partial charge in [-0.25, -0.2) is 14.4 Å². The van der Waals surface area contributed by atoms with Crippen molar-refractivity contribution >= 4 is 29.4 Å². The molecule has 0 bridgehead atoms. The Balaban J connectivity index is 2.41. The number of fused-ring (bicyclic) bond motifs is 1. The van der Waals surface area contributed by atoms with E-state index in [0.29, 0.717) is 4.57 Å². The van der Waals surface area contributed by atoms with E-state index in [1.54, 1.807) is 48.5 Å². The summed E-state index contributed by atoms with van der Waals surface area (Å²) in [6.07, 6.45) is -4.68. The molecule has 0 radical (unpaired) electrons. The van der Waals surface area contributed by atoms with Crippen molar-refractivity contribution in [2.24, 2.45) is 0 Å².